The van der Waals surface area contributed by atoms with E-state index in [4.69, 9.17) is 15.5 Å². The third-order valence-electron chi connectivity index (χ3n) is 4.18. The predicted octanol–water partition coefficient (Wildman–Crippen LogP) is 2.21. The molecule has 1 fully saturated rings. The Bertz CT molecular complexity index is 614. The van der Waals surface area contributed by atoms with E-state index >= 15 is 0 Å². The maximum Gasteiger partial charge on any atom is 0.132 e. The second-order valence-corrected chi connectivity index (χ2v) is 5.76. The number of rotatable bonds is 5. The summed E-state index contributed by atoms with van der Waals surface area (Å²) < 4.78 is 5.29. The first-order valence-electron chi connectivity index (χ1n) is 7.64. The molecule has 0 amide bonds. The van der Waals surface area contributed by atoms with Gasteiger partial charge in [0.2, 0.25) is 0 Å². The van der Waals surface area contributed by atoms with Gasteiger partial charge in [-0.3, -0.25) is 0 Å². The Morgan fingerprint density at radius 3 is 3.05 bits per heavy atom. The number of hydrogen-bond donors (Lipinski definition) is 1. The first-order valence-corrected chi connectivity index (χ1v) is 7.64. The number of pyridine rings is 1. The number of anilines is 1. The molecule has 2 aromatic rings. The molecule has 3 rings (SSSR count). The minimum Gasteiger partial charge on any atom is -0.384 e. The molecule has 0 aliphatic carbocycles. The van der Waals surface area contributed by atoms with Crippen molar-refractivity contribution in [1.82, 2.24) is 4.98 Å². The zero-order chi connectivity index (χ0) is 14.7. The second kappa shape index (κ2) is 6.41. The Balaban J connectivity index is 1.94. The molecule has 1 aromatic carbocycles. The lowest BCUT2D eigenvalue weighted by molar-refractivity contribution is 0.161. The van der Waals surface area contributed by atoms with Gasteiger partial charge in [-0.15, -0.1) is 0 Å². The summed E-state index contributed by atoms with van der Waals surface area (Å²) in [6, 6.07) is 10.5. The van der Waals surface area contributed by atoms with Gasteiger partial charge in [0.05, 0.1) is 12.1 Å². The van der Waals surface area contributed by atoms with Crippen molar-refractivity contribution in [1.29, 1.82) is 0 Å². The van der Waals surface area contributed by atoms with Crippen LogP contribution in [0.4, 0.5) is 5.82 Å². The van der Waals surface area contributed by atoms with Gasteiger partial charge < -0.3 is 15.4 Å². The maximum atomic E-state index is 5.78. The van der Waals surface area contributed by atoms with Gasteiger partial charge in [-0.25, -0.2) is 4.98 Å². The minimum absolute atomic E-state index is 0.606. The molecular formula is C17H23N3O. The third-order valence-corrected chi connectivity index (χ3v) is 4.18. The van der Waals surface area contributed by atoms with Crippen molar-refractivity contribution in [2.45, 2.75) is 12.8 Å². The van der Waals surface area contributed by atoms with E-state index in [2.05, 4.69) is 29.2 Å². The quantitative estimate of drug-likeness (QED) is 0.915. The summed E-state index contributed by atoms with van der Waals surface area (Å²) in [5.41, 5.74) is 8.10. The molecule has 1 unspecified atom stereocenters. The summed E-state index contributed by atoms with van der Waals surface area (Å²) in [5, 5.41) is 1.19. The number of fused-ring (bicyclic) bond motifs is 1. The number of methoxy groups -OCH3 is 1. The Kier molecular flexibility index (Phi) is 4.36. The molecule has 0 spiro atoms. The molecule has 1 atom stereocenters. The van der Waals surface area contributed by atoms with Crippen LogP contribution in [0.25, 0.3) is 10.9 Å². The molecule has 4 nitrogen and oxygen atoms in total. The molecule has 112 valence electrons. The van der Waals surface area contributed by atoms with E-state index in [1.165, 1.54) is 17.4 Å². The number of benzene rings is 1. The van der Waals surface area contributed by atoms with Crippen molar-refractivity contribution in [2.75, 3.05) is 38.3 Å². The molecule has 1 aromatic heterocycles. The van der Waals surface area contributed by atoms with Gasteiger partial charge in [-0.1, -0.05) is 18.2 Å². The standard InChI is InChI=1S/C17H23N3O/c1-21-12-13-7-9-20(11-13)17-15(6-8-18)10-14-4-2-3-5-16(14)19-17/h2-5,10,13H,6-9,11-12,18H2,1H3. The molecule has 21 heavy (non-hydrogen) atoms. The predicted molar refractivity (Wildman–Crippen MR) is 86.7 cm³/mol. The molecule has 1 saturated heterocycles. The maximum absolute atomic E-state index is 5.78. The first kappa shape index (κ1) is 14.3. The van der Waals surface area contributed by atoms with E-state index in [-0.39, 0.29) is 0 Å². The molecule has 0 radical (unpaired) electrons. The molecule has 2 N–H and O–H groups in total. The molecule has 0 bridgehead atoms. The van der Waals surface area contributed by atoms with Crippen molar-refractivity contribution < 1.29 is 4.74 Å². The van der Waals surface area contributed by atoms with Crippen LogP contribution in [-0.4, -0.2) is 38.3 Å². The smallest absolute Gasteiger partial charge is 0.132 e. The molecule has 1 aliphatic heterocycles. The van der Waals surface area contributed by atoms with Crippen molar-refractivity contribution in [3.05, 3.63) is 35.9 Å². The number of ether oxygens (including phenoxy) is 1. The van der Waals surface area contributed by atoms with Crippen LogP contribution in [0.1, 0.15) is 12.0 Å². The van der Waals surface area contributed by atoms with Crippen LogP contribution in [0.2, 0.25) is 0 Å². The van der Waals surface area contributed by atoms with Gasteiger partial charge in [0, 0.05) is 31.5 Å². The summed E-state index contributed by atoms with van der Waals surface area (Å²) in [6.45, 7) is 3.56. The van der Waals surface area contributed by atoms with Gasteiger partial charge in [0.25, 0.3) is 0 Å². The normalized spacial score (nSPS) is 18.6. The second-order valence-electron chi connectivity index (χ2n) is 5.76. The van der Waals surface area contributed by atoms with Crippen LogP contribution in [0.15, 0.2) is 30.3 Å². The van der Waals surface area contributed by atoms with Gasteiger partial charge in [-0.2, -0.15) is 0 Å². The number of nitrogens with zero attached hydrogens (tertiary/aromatic N) is 2. The lowest BCUT2D eigenvalue weighted by Crippen LogP contribution is -2.24. The van der Waals surface area contributed by atoms with E-state index in [1.54, 1.807) is 7.11 Å². The molecule has 1 aliphatic rings. The van der Waals surface area contributed by atoms with Crippen molar-refractivity contribution in [3.8, 4) is 0 Å². The number of para-hydroxylation sites is 1. The van der Waals surface area contributed by atoms with Crippen LogP contribution in [0.5, 0.6) is 0 Å². The number of aromatic nitrogens is 1. The Morgan fingerprint density at radius 1 is 1.38 bits per heavy atom. The van der Waals surface area contributed by atoms with Crippen molar-refractivity contribution in [2.24, 2.45) is 11.7 Å². The van der Waals surface area contributed by atoms with Crippen LogP contribution in [-0.2, 0) is 11.2 Å². The lowest BCUT2D eigenvalue weighted by atomic mass is 10.1. The topological polar surface area (TPSA) is 51.4 Å². The zero-order valence-corrected chi connectivity index (χ0v) is 12.6. The van der Waals surface area contributed by atoms with Crippen LogP contribution >= 0.6 is 0 Å². The van der Waals surface area contributed by atoms with Gasteiger partial charge in [0.1, 0.15) is 5.82 Å². The highest BCUT2D eigenvalue weighted by Crippen LogP contribution is 2.28. The Labute approximate surface area is 125 Å². The highest BCUT2D eigenvalue weighted by molar-refractivity contribution is 5.81. The van der Waals surface area contributed by atoms with E-state index in [1.807, 2.05) is 6.07 Å². The van der Waals surface area contributed by atoms with E-state index in [9.17, 15) is 0 Å². The van der Waals surface area contributed by atoms with Gasteiger partial charge in [-0.05, 0) is 37.1 Å². The summed E-state index contributed by atoms with van der Waals surface area (Å²) in [4.78, 5) is 7.29. The van der Waals surface area contributed by atoms with Gasteiger partial charge in [0.15, 0.2) is 0 Å². The zero-order valence-electron chi connectivity index (χ0n) is 12.6. The molecule has 2 heterocycles. The fourth-order valence-electron chi connectivity index (χ4n) is 3.16. The summed E-state index contributed by atoms with van der Waals surface area (Å²) in [5.74, 6) is 1.71. The van der Waals surface area contributed by atoms with Crippen molar-refractivity contribution >= 4 is 16.7 Å². The largest absolute Gasteiger partial charge is 0.384 e. The average molecular weight is 285 g/mol. The molecule has 4 heteroatoms. The summed E-state index contributed by atoms with van der Waals surface area (Å²) in [7, 11) is 1.77. The Morgan fingerprint density at radius 2 is 2.24 bits per heavy atom. The average Bonchev–Trinajstić information content (AvgIpc) is 2.96. The van der Waals surface area contributed by atoms with E-state index < -0.39 is 0 Å². The number of hydrogen-bond acceptors (Lipinski definition) is 4. The van der Waals surface area contributed by atoms with Crippen LogP contribution in [0, 0.1) is 5.92 Å². The van der Waals surface area contributed by atoms with E-state index in [0.29, 0.717) is 12.5 Å². The Hall–Kier alpha value is -1.65. The fraction of sp³-hybridized carbons (Fsp3) is 0.471. The molecule has 0 saturated carbocycles. The highest BCUT2D eigenvalue weighted by atomic mass is 16.5. The minimum atomic E-state index is 0.606. The SMILES string of the molecule is COCC1CCN(c2nc3ccccc3cc2CCN)C1. The first-order chi connectivity index (χ1) is 10.3. The van der Waals surface area contributed by atoms with Crippen LogP contribution < -0.4 is 10.6 Å². The van der Waals surface area contributed by atoms with E-state index in [0.717, 1.165) is 37.5 Å². The third kappa shape index (κ3) is 3.01. The summed E-state index contributed by atoms with van der Waals surface area (Å²) in [6.07, 6.45) is 2.04. The monoisotopic (exact) mass is 285 g/mol. The van der Waals surface area contributed by atoms with Crippen LogP contribution in [0.3, 0.4) is 0 Å². The highest BCUT2D eigenvalue weighted by Gasteiger charge is 2.25. The summed E-state index contributed by atoms with van der Waals surface area (Å²) >= 11 is 0. The number of nitrogens with two attached hydrogens (primary N) is 1. The van der Waals surface area contributed by atoms with Gasteiger partial charge >= 0.3 is 0 Å². The lowest BCUT2D eigenvalue weighted by Gasteiger charge is -2.21. The molecular weight excluding hydrogens is 262 g/mol. The fourth-order valence-corrected chi connectivity index (χ4v) is 3.16. The van der Waals surface area contributed by atoms with Crippen molar-refractivity contribution in [3.63, 3.8) is 0 Å².